The van der Waals surface area contributed by atoms with Gasteiger partial charge in [0.05, 0.1) is 12.0 Å². The van der Waals surface area contributed by atoms with Gasteiger partial charge < -0.3 is 0 Å². The summed E-state index contributed by atoms with van der Waals surface area (Å²) in [5, 5.41) is 6.06. The molecule has 0 saturated carbocycles. The van der Waals surface area contributed by atoms with Gasteiger partial charge in [0.25, 0.3) is 5.91 Å². The Morgan fingerprint density at radius 2 is 1.93 bits per heavy atom. The van der Waals surface area contributed by atoms with E-state index in [9.17, 15) is 4.79 Å². The molecule has 0 N–H and O–H groups in total. The first kappa shape index (κ1) is 11.2. The molecule has 1 atom stereocenters. The molecule has 0 saturated heterocycles. The lowest BCUT2D eigenvalue weighted by atomic mass is 10.0. The van der Waals surface area contributed by atoms with Crippen LogP contribution >= 0.6 is 0 Å². The van der Waals surface area contributed by atoms with Crippen LogP contribution in [0, 0.1) is 5.92 Å². The minimum absolute atomic E-state index is 0.0376. The largest absolute Gasteiger partial charge is 0.272 e. The van der Waals surface area contributed by atoms with Crippen LogP contribution in [-0.4, -0.2) is 22.7 Å². The number of rotatable bonds is 4. The molecule has 1 amide bonds. The molecule has 0 aliphatic carbocycles. The van der Waals surface area contributed by atoms with Crippen molar-refractivity contribution >= 4 is 11.6 Å². The van der Waals surface area contributed by atoms with E-state index in [0.717, 1.165) is 25.0 Å². The van der Waals surface area contributed by atoms with Crippen molar-refractivity contribution in [2.45, 2.75) is 53.0 Å². The van der Waals surface area contributed by atoms with Gasteiger partial charge in [0.15, 0.2) is 0 Å². The molecule has 3 heteroatoms. The molecule has 80 valence electrons. The lowest BCUT2D eigenvalue weighted by Crippen LogP contribution is -2.35. The van der Waals surface area contributed by atoms with E-state index in [1.165, 1.54) is 0 Å². The highest BCUT2D eigenvalue weighted by Gasteiger charge is 2.34. The number of carbonyl (C=O) groups excluding carboxylic acids is 1. The van der Waals surface area contributed by atoms with Crippen LogP contribution in [0.25, 0.3) is 0 Å². The highest BCUT2D eigenvalue weighted by atomic mass is 16.2. The summed E-state index contributed by atoms with van der Waals surface area (Å²) in [7, 11) is 0. The van der Waals surface area contributed by atoms with Crippen molar-refractivity contribution in [3.05, 3.63) is 0 Å². The maximum atomic E-state index is 11.9. The van der Waals surface area contributed by atoms with Crippen molar-refractivity contribution in [3.63, 3.8) is 0 Å². The van der Waals surface area contributed by atoms with Crippen LogP contribution in [0.1, 0.15) is 47.0 Å². The minimum Gasteiger partial charge on any atom is -0.272 e. The predicted molar refractivity (Wildman–Crippen MR) is 58.1 cm³/mol. The third kappa shape index (κ3) is 1.81. The Balaban J connectivity index is 2.79. The standard InChI is InChI=1S/C11H20N2O/c1-5-9(6-2)13-11(14)10(7-3)8(4)12-13/h9-10H,5-7H2,1-4H3. The second kappa shape index (κ2) is 4.58. The Hall–Kier alpha value is -0.860. The van der Waals surface area contributed by atoms with Gasteiger partial charge in [0, 0.05) is 5.71 Å². The molecule has 0 aromatic rings. The number of hydrogen-bond acceptors (Lipinski definition) is 2. The highest BCUT2D eigenvalue weighted by Crippen LogP contribution is 2.23. The summed E-state index contributed by atoms with van der Waals surface area (Å²) in [4.78, 5) is 11.9. The van der Waals surface area contributed by atoms with Crippen LogP contribution in [0.3, 0.4) is 0 Å². The summed E-state index contributed by atoms with van der Waals surface area (Å²) in [6.07, 6.45) is 2.83. The monoisotopic (exact) mass is 196 g/mol. The molecule has 1 rings (SSSR count). The van der Waals surface area contributed by atoms with E-state index in [1.54, 1.807) is 5.01 Å². The van der Waals surface area contributed by atoms with Crippen molar-refractivity contribution < 1.29 is 4.79 Å². The summed E-state index contributed by atoms with van der Waals surface area (Å²) in [5.74, 6) is 0.231. The molecule has 0 bridgehead atoms. The average Bonchev–Trinajstić information content (AvgIpc) is 2.45. The molecule has 0 radical (unpaired) electrons. The lowest BCUT2D eigenvalue weighted by Gasteiger charge is -2.22. The third-order valence-corrected chi connectivity index (χ3v) is 2.99. The first-order valence-electron chi connectivity index (χ1n) is 5.53. The molecule has 14 heavy (non-hydrogen) atoms. The molecule has 1 aliphatic rings. The van der Waals surface area contributed by atoms with E-state index in [1.807, 2.05) is 13.8 Å². The minimum atomic E-state index is 0.0376. The number of nitrogens with zero attached hydrogens (tertiary/aromatic N) is 2. The fourth-order valence-corrected chi connectivity index (χ4v) is 1.99. The molecule has 0 spiro atoms. The number of hydrogen-bond donors (Lipinski definition) is 0. The van der Waals surface area contributed by atoms with Gasteiger partial charge in [-0.25, -0.2) is 5.01 Å². The molecular weight excluding hydrogens is 176 g/mol. The summed E-state index contributed by atoms with van der Waals surface area (Å²) in [6.45, 7) is 8.20. The van der Waals surface area contributed by atoms with Crippen LogP contribution in [0.15, 0.2) is 5.10 Å². The third-order valence-electron chi connectivity index (χ3n) is 2.99. The van der Waals surface area contributed by atoms with Gasteiger partial charge in [-0.2, -0.15) is 5.10 Å². The molecule has 3 nitrogen and oxygen atoms in total. The molecular formula is C11H20N2O. The summed E-state index contributed by atoms with van der Waals surface area (Å²) in [6, 6.07) is 0.286. The Labute approximate surface area is 86.2 Å². The predicted octanol–water partition coefficient (Wildman–Crippen LogP) is 2.42. The van der Waals surface area contributed by atoms with Crippen LogP contribution in [0.5, 0.6) is 0 Å². The zero-order valence-corrected chi connectivity index (χ0v) is 9.58. The van der Waals surface area contributed by atoms with Gasteiger partial charge in [-0.15, -0.1) is 0 Å². The fourth-order valence-electron chi connectivity index (χ4n) is 1.99. The Morgan fingerprint density at radius 1 is 1.36 bits per heavy atom. The SMILES string of the molecule is CCC1C(=O)N(C(CC)CC)N=C1C. The lowest BCUT2D eigenvalue weighted by molar-refractivity contribution is -0.134. The van der Waals surface area contributed by atoms with Crippen LogP contribution in [0.4, 0.5) is 0 Å². The van der Waals surface area contributed by atoms with E-state index < -0.39 is 0 Å². The Bertz CT molecular complexity index is 244. The van der Waals surface area contributed by atoms with Gasteiger partial charge >= 0.3 is 0 Å². The maximum absolute atomic E-state index is 11.9. The average molecular weight is 196 g/mol. The zero-order valence-electron chi connectivity index (χ0n) is 9.58. The van der Waals surface area contributed by atoms with Gasteiger partial charge in [-0.05, 0) is 26.2 Å². The van der Waals surface area contributed by atoms with Crippen LogP contribution in [0.2, 0.25) is 0 Å². The number of hydrazone groups is 1. The second-order valence-corrected chi connectivity index (χ2v) is 3.86. The summed E-state index contributed by atoms with van der Waals surface area (Å²) >= 11 is 0. The van der Waals surface area contributed by atoms with Crippen molar-refractivity contribution in [3.8, 4) is 0 Å². The van der Waals surface area contributed by atoms with Crippen LogP contribution in [-0.2, 0) is 4.79 Å². The van der Waals surface area contributed by atoms with E-state index >= 15 is 0 Å². The fraction of sp³-hybridized carbons (Fsp3) is 0.818. The molecule has 1 heterocycles. The van der Waals surface area contributed by atoms with Gasteiger partial charge in [-0.1, -0.05) is 20.8 Å². The molecule has 0 fully saturated rings. The summed E-state index contributed by atoms with van der Waals surface area (Å²) < 4.78 is 0. The van der Waals surface area contributed by atoms with Crippen molar-refractivity contribution in [1.29, 1.82) is 0 Å². The first-order valence-corrected chi connectivity index (χ1v) is 5.53. The van der Waals surface area contributed by atoms with Gasteiger partial charge in [0.2, 0.25) is 0 Å². The second-order valence-electron chi connectivity index (χ2n) is 3.86. The normalized spacial score (nSPS) is 22.1. The van der Waals surface area contributed by atoms with Gasteiger partial charge in [0.1, 0.15) is 0 Å². The summed E-state index contributed by atoms with van der Waals surface area (Å²) in [5.41, 5.74) is 0.976. The van der Waals surface area contributed by atoms with E-state index in [4.69, 9.17) is 0 Å². The quantitative estimate of drug-likeness (QED) is 0.679. The van der Waals surface area contributed by atoms with Crippen LogP contribution < -0.4 is 0 Å². The highest BCUT2D eigenvalue weighted by molar-refractivity contribution is 6.06. The van der Waals surface area contributed by atoms with Crippen molar-refractivity contribution in [1.82, 2.24) is 5.01 Å². The zero-order chi connectivity index (χ0) is 10.7. The Morgan fingerprint density at radius 3 is 2.29 bits per heavy atom. The Kier molecular flexibility index (Phi) is 3.67. The number of amides is 1. The van der Waals surface area contributed by atoms with Crippen molar-refractivity contribution in [2.24, 2.45) is 11.0 Å². The first-order chi connectivity index (χ1) is 6.65. The van der Waals surface area contributed by atoms with Gasteiger partial charge in [-0.3, -0.25) is 4.79 Å². The molecule has 1 aliphatic heterocycles. The smallest absolute Gasteiger partial charge is 0.251 e. The topological polar surface area (TPSA) is 32.7 Å². The van der Waals surface area contributed by atoms with E-state index in [0.29, 0.717) is 0 Å². The number of carbonyl (C=O) groups is 1. The van der Waals surface area contributed by atoms with E-state index in [2.05, 4.69) is 18.9 Å². The molecule has 0 aromatic carbocycles. The maximum Gasteiger partial charge on any atom is 0.251 e. The van der Waals surface area contributed by atoms with E-state index in [-0.39, 0.29) is 17.9 Å². The molecule has 1 unspecified atom stereocenters. The van der Waals surface area contributed by atoms with Crippen molar-refractivity contribution in [2.75, 3.05) is 0 Å². The molecule has 0 aromatic heterocycles.